The second-order valence-corrected chi connectivity index (χ2v) is 4.77. The van der Waals surface area contributed by atoms with Crippen LogP contribution in [0.4, 0.5) is 0 Å². The van der Waals surface area contributed by atoms with Gasteiger partial charge in [0, 0.05) is 11.1 Å². The SMILES string of the molecule is C=C(C)COC(=O)c1ccccc1C(=O)c1ccccc1. The smallest absolute Gasteiger partial charge is 0.339 e. The second-order valence-electron chi connectivity index (χ2n) is 4.77. The fourth-order valence-corrected chi connectivity index (χ4v) is 1.87. The van der Waals surface area contributed by atoms with Gasteiger partial charge in [-0.1, -0.05) is 55.1 Å². The molecule has 0 bridgehead atoms. The molecule has 2 aromatic carbocycles. The molecule has 0 heterocycles. The largest absolute Gasteiger partial charge is 0.458 e. The number of ketones is 1. The number of hydrogen-bond donors (Lipinski definition) is 0. The van der Waals surface area contributed by atoms with E-state index in [1.165, 1.54) is 0 Å². The zero-order valence-corrected chi connectivity index (χ0v) is 11.8. The molecule has 2 rings (SSSR count). The van der Waals surface area contributed by atoms with Gasteiger partial charge in [0.25, 0.3) is 0 Å². The molecule has 0 atom stereocenters. The number of esters is 1. The van der Waals surface area contributed by atoms with Gasteiger partial charge in [-0.15, -0.1) is 0 Å². The molecule has 21 heavy (non-hydrogen) atoms. The Morgan fingerprint density at radius 2 is 1.52 bits per heavy atom. The van der Waals surface area contributed by atoms with E-state index in [1.54, 1.807) is 55.5 Å². The molecular weight excluding hydrogens is 264 g/mol. The summed E-state index contributed by atoms with van der Waals surface area (Å²) in [5.41, 5.74) is 1.90. The highest BCUT2D eigenvalue weighted by Crippen LogP contribution is 2.16. The predicted octanol–water partition coefficient (Wildman–Crippen LogP) is 3.65. The predicted molar refractivity (Wildman–Crippen MR) is 81.4 cm³/mol. The van der Waals surface area contributed by atoms with Crippen molar-refractivity contribution in [3.05, 3.63) is 83.4 Å². The molecule has 0 amide bonds. The van der Waals surface area contributed by atoms with Crippen LogP contribution in [-0.2, 0) is 4.74 Å². The zero-order valence-electron chi connectivity index (χ0n) is 11.8. The van der Waals surface area contributed by atoms with Crippen molar-refractivity contribution >= 4 is 11.8 Å². The fraction of sp³-hybridized carbons (Fsp3) is 0.111. The molecule has 0 radical (unpaired) electrons. The van der Waals surface area contributed by atoms with Crippen LogP contribution < -0.4 is 0 Å². The van der Waals surface area contributed by atoms with Crippen LogP contribution in [0.2, 0.25) is 0 Å². The normalized spacial score (nSPS) is 9.95. The Hall–Kier alpha value is -2.68. The van der Waals surface area contributed by atoms with Crippen LogP contribution in [0, 0.1) is 0 Å². The van der Waals surface area contributed by atoms with Crippen molar-refractivity contribution in [1.29, 1.82) is 0 Å². The molecule has 0 aliphatic rings. The standard InChI is InChI=1S/C18H16O3/c1-13(2)12-21-18(20)16-11-7-6-10-15(16)17(19)14-8-4-3-5-9-14/h3-11H,1,12H2,2H3. The van der Waals surface area contributed by atoms with Crippen LogP contribution in [0.1, 0.15) is 33.2 Å². The Morgan fingerprint density at radius 1 is 0.952 bits per heavy atom. The summed E-state index contributed by atoms with van der Waals surface area (Å²) in [6.07, 6.45) is 0. The quantitative estimate of drug-likeness (QED) is 0.477. The summed E-state index contributed by atoms with van der Waals surface area (Å²) < 4.78 is 5.13. The highest BCUT2D eigenvalue weighted by molar-refractivity contribution is 6.14. The maximum atomic E-state index is 12.5. The number of hydrogen-bond acceptors (Lipinski definition) is 3. The maximum absolute atomic E-state index is 12.5. The Labute approximate surface area is 123 Å². The number of benzene rings is 2. The van der Waals surface area contributed by atoms with Gasteiger partial charge in [-0.3, -0.25) is 4.79 Å². The van der Waals surface area contributed by atoms with E-state index in [1.807, 2.05) is 6.07 Å². The fourth-order valence-electron chi connectivity index (χ4n) is 1.87. The minimum Gasteiger partial charge on any atom is -0.458 e. The van der Waals surface area contributed by atoms with Gasteiger partial charge in [-0.2, -0.15) is 0 Å². The summed E-state index contributed by atoms with van der Waals surface area (Å²) in [4.78, 5) is 24.6. The highest BCUT2D eigenvalue weighted by atomic mass is 16.5. The Bertz CT molecular complexity index is 672. The average Bonchev–Trinajstić information content (AvgIpc) is 2.52. The van der Waals surface area contributed by atoms with E-state index in [4.69, 9.17) is 4.74 Å². The third-order valence-electron chi connectivity index (χ3n) is 2.88. The molecule has 0 aromatic heterocycles. The topological polar surface area (TPSA) is 43.4 Å². The third-order valence-corrected chi connectivity index (χ3v) is 2.88. The van der Waals surface area contributed by atoms with E-state index in [0.29, 0.717) is 11.1 Å². The summed E-state index contributed by atoms with van der Waals surface area (Å²) >= 11 is 0. The lowest BCUT2D eigenvalue weighted by Gasteiger charge is -2.09. The molecule has 0 N–H and O–H groups in total. The monoisotopic (exact) mass is 280 g/mol. The number of ether oxygens (including phenoxy) is 1. The molecular formula is C18H16O3. The summed E-state index contributed by atoms with van der Waals surface area (Å²) in [6, 6.07) is 15.5. The number of carbonyl (C=O) groups excluding carboxylic acids is 2. The van der Waals surface area contributed by atoms with Crippen molar-refractivity contribution in [2.24, 2.45) is 0 Å². The first-order valence-electron chi connectivity index (χ1n) is 6.60. The first-order valence-corrected chi connectivity index (χ1v) is 6.60. The van der Waals surface area contributed by atoms with Gasteiger partial charge in [-0.25, -0.2) is 4.79 Å². The summed E-state index contributed by atoms with van der Waals surface area (Å²) in [5.74, 6) is -0.712. The maximum Gasteiger partial charge on any atom is 0.339 e. The molecule has 3 heteroatoms. The van der Waals surface area contributed by atoms with Crippen molar-refractivity contribution in [1.82, 2.24) is 0 Å². The van der Waals surface area contributed by atoms with Gasteiger partial charge in [0.15, 0.2) is 5.78 Å². The molecule has 2 aromatic rings. The molecule has 0 fully saturated rings. The molecule has 0 aliphatic carbocycles. The Balaban J connectivity index is 2.31. The van der Waals surface area contributed by atoms with E-state index in [0.717, 1.165) is 5.57 Å². The lowest BCUT2D eigenvalue weighted by atomic mass is 9.98. The minimum absolute atomic E-state index is 0.146. The first kappa shape index (κ1) is 14.7. The summed E-state index contributed by atoms with van der Waals surface area (Å²) in [6.45, 7) is 5.60. The van der Waals surface area contributed by atoms with Gasteiger partial charge in [0.05, 0.1) is 5.56 Å². The Kier molecular flexibility index (Phi) is 4.67. The lowest BCUT2D eigenvalue weighted by molar-refractivity contribution is 0.0537. The van der Waals surface area contributed by atoms with E-state index < -0.39 is 5.97 Å². The Morgan fingerprint density at radius 3 is 2.14 bits per heavy atom. The van der Waals surface area contributed by atoms with Gasteiger partial charge >= 0.3 is 5.97 Å². The molecule has 3 nitrogen and oxygen atoms in total. The molecule has 0 unspecified atom stereocenters. The zero-order chi connectivity index (χ0) is 15.2. The van der Waals surface area contributed by atoms with Crippen molar-refractivity contribution in [3.8, 4) is 0 Å². The van der Waals surface area contributed by atoms with E-state index in [9.17, 15) is 9.59 Å². The highest BCUT2D eigenvalue weighted by Gasteiger charge is 2.18. The van der Waals surface area contributed by atoms with Crippen LogP contribution in [0.25, 0.3) is 0 Å². The van der Waals surface area contributed by atoms with Crippen LogP contribution in [-0.4, -0.2) is 18.4 Å². The molecule has 0 spiro atoms. The van der Waals surface area contributed by atoms with Gasteiger partial charge in [-0.05, 0) is 18.6 Å². The van der Waals surface area contributed by atoms with Gasteiger partial charge < -0.3 is 4.74 Å². The van der Waals surface area contributed by atoms with Crippen molar-refractivity contribution in [3.63, 3.8) is 0 Å². The van der Waals surface area contributed by atoms with Crippen LogP contribution in [0.3, 0.4) is 0 Å². The summed E-state index contributed by atoms with van der Waals surface area (Å²) in [7, 11) is 0. The third kappa shape index (κ3) is 3.66. The summed E-state index contributed by atoms with van der Waals surface area (Å²) in [5, 5.41) is 0. The van der Waals surface area contributed by atoms with Crippen molar-refractivity contribution < 1.29 is 14.3 Å². The van der Waals surface area contributed by atoms with Crippen molar-refractivity contribution in [2.45, 2.75) is 6.92 Å². The van der Waals surface area contributed by atoms with Gasteiger partial charge in [0.1, 0.15) is 6.61 Å². The van der Waals surface area contributed by atoms with E-state index >= 15 is 0 Å². The van der Waals surface area contributed by atoms with Crippen LogP contribution in [0.15, 0.2) is 66.7 Å². The molecule has 0 aliphatic heterocycles. The van der Waals surface area contributed by atoms with Crippen LogP contribution in [0.5, 0.6) is 0 Å². The van der Waals surface area contributed by atoms with Crippen LogP contribution >= 0.6 is 0 Å². The second kappa shape index (κ2) is 6.66. The number of rotatable bonds is 5. The van der Waals surface area contributed by atoms with Crippen molar-refractivity contribution in [2.75, 3.05) is 6.61 Å². The minimum atomic E-state index is -0.516. The van der Waals surface area contributed by atoms with E-state index in [2.05, 4.69) is 6.58 Å². The average molecular weight is 280 g/mol. The molecule has 106 valence electrons. The molecule has 0 saturated heterocycles. The lowest BCUT2D eigenvalue weighted by Crippen LogP contribution is -2.13. The number of carbonyl (C=O) groups is 2. The van der Waals surface area contributed by atoms with E-state index in [-0.39, 0.29) is 18.0 Å². The molecule has 0 saturated carbocycles. The first-order chi connectivity index (χ1) is 10.1. The van der Waals surface area contributed by atoms with Gasteiger partial charge in [0.2, 0.25) is 0 Å².